The maximum atomic E-state index is 12.8. The number of anilines is 2. The number of methoxy groups -OCH3 is 1. The molecule has 1 saturated heterocycles. The number of benzene rings is 2. The van der Waals surface area contributed by atoms with Crippen LogP contribution in [0.1, 0.15) is 6.92 Å². The number of carbonyl (C=O) groups is 3. The van der Waals surface area contributed by atoms with Crippen molar-refractivity contribution in [1.82, 2.24) is 0 Å². The van der Waals surface area contributed by atoms with E-state index in [0.29, 0.717) is 17.1 Å². The fourth-order valence-electron chi connectivity index (χ4n) is 2.60. The highest BCUT2D eigenvalue weighted by Crippen LogP contribution is 2.36. The number of ether oxygens (including phenoxy) is 1. The van der Waals surface area contributed by atoms with Crippen LogP contribution in [0, 0.1) is 0 Å². The van der Waals surface area contributed by atoms with E-state index in [2.05, 4.69) is 0 Å². The zero-order chi connectivity index (χ0) is 18.0. The van der Waals surface area contributed by atoms with Crippen molar-refractivity contribution >= 4 is 40.2 Å². The first kappa shape index (κ1) is 17.0. The van der Waals surface area contributed by atoms with Crippen LogP contribution in [0.5, 0.6) is 5.75 Å². The molecule has 1 aliphatic heterocycles. The number of para-hydroxylation sites is 1. The van der Waals surface area contributed by atoms with Crippen molar-refractivity contribution in [3.63, 3.8) is 0 Å². The summed E-state index contributed by atoms with van der Waals surface area (Å²) in [5.41, 5.74) is 1.02. The molecular weight excluding hydrogens is 340 g/mol. The summed E-state index contributed by atoms with van der Waals surface area (Å²) in [6.45, 7) is 1.37. The molecule has 0 saturated carbocycles. The van der Waals surface area contributed by atoms with Crippen LogP contribution in [-0.2, 0) is 9.59 Å². The second-order valence-electron chi connectivity index (χ2n) is 5.33. The molecule has 128 valence electrons. The van der Waals surface area contributed by atoms with Gasteiger partial charge in [0.2, 0.25) is 5.91 Å². The first-order valence-electron chi connectivity index (χ1n) is 7.56. The molecule has 6 nitrogen and oxygen atoms in total. The fourth-order valence-corrected chi connectivity index (χ4v) is 3.67. The molecule has 0 unspecified atom stereocenters. The van der Waals surface area contributed by atoms with Gasteiger partial charge in [-0.25, -0.2) is 4.90 Å². The van der Waals surface area contributed by atoms with Gasteiger partial charge in [0.05, 0.1) is 12.8 Å². The van der Waals surface area contributed by atoms with Gasteiger partial charge in [-0.2, -0.15) is 0 Å². The molecule has 3 amide bonds. The van der Waals surface area contributed by atoms with Crippen LogP contribution in [0.25, 0.3) is 0 Å². The molecule has 1 atom stereocenters. The van der Waals surface area contributed by atoms with Gasteiger partial charge < -0.3 is 4.74 Å². The van der Waals surface area contributed by atoms with Crippen LogP contribution in [-0.4, -0.2) is 29.5 Å². The molecule has 0 N–H and O–H groups in total. The highest BCUT2D eigenvalue weighted by molar-refractivity contribution is 8.16. The Bertz CT molecular complexity index is 808. The SMILES string of the molecule is COc1ccc(N(C(C)=O)[C@@H]2SC(=O)N(c3ccccc3)C2=O)cc1. The quantitative estimate of drug-likeness (QED) is 0.841. The number of imide groups is 1. The Balaban J connectivity index is 1.93. The molecule has 1 fully saturated rings. The second-order valence-corrected chi connectivity index (χ2v) is 6.36. The third-order valence-electron chi connectivity index (χ3n) is 3.77. The number of hydrogen-bond donors (Lipinski definition) is 0. The minimum Gasteiger partial charge on any atom is -0.497 e. The van der Waals surface area contributed by atoms with Crippen LogP contribution in [0.15, 0.2) is 54.6 Å². The topological polar surface area (TPSA) is 66.9 Å². The zero-order valence-electron chi connectivity index (χ0n) is 13.7. The Morgan fingerprint density at radius 1 is 1.08 bits per heavy atom. The molecule has 7 heteroatoms. The van der Waals surface area contributed by atoms with Crippen molar-refractivity contribution < 1.29 is 19.1 Å². The number of amides is 3. The highest BCUT2D eigenvalue weighted by atomic mass is 32.2. The van der Waals surface area contributed by atoms with Crippen LogP contribution < -0.4 is 14.5 Å². The first-order valence-corrected chi connectivity index (χ1v) is 8.44. The largest absolute Gasteiger partial charge is 0.497 e. The molecule has 0 bridgehead atoms. The first-order chi connectivity index (χ1) is 12.0. The summed E-state index contributed by atoms with van der Waals surface area (Å²) in [5, 5.41) is -1.33. The van der Waals surface area contributed by atoms with Gasteiger partial charge >= 0.3 is 0 Å². The number of thioether (sulfide) groups is 1. The van der Waals surface area contributed by atoms with Crippen LogP contribution >= 0.6 is 11.8 Å². The Kier molecular flexibility index (Phi) is 4.76. The van der Waals surface area contributed by atoms with Gasteiger partial charge in [-0.05, 0) is 48.2 Å². The maximum Gasteiger partial charge on any atom is 0.295 e. The molecule has 1 aliphatic rings. The van der Waals surface area contributed by atoms with E-state index in [1.165, 1.54) is 11.8 Å². The van der Waals surface area contributed by atoms with Crippen molar-refractivity contribution in [2.24, 2.45) is 0 Å². The molecule has 0 spiro atoms. The molecule has 25 heavy (non-hydrogen) atoms. The van der Waals surface area contributed by atoms with E-state index >= 15 is 0 Å². The van der Waals surface area contributed by atoms with Crippen molar-refractivity contribution in [3.8, 4) is 5.75 Å². The third kappa shape index (κ3) is 3.23. The lowest BCUT2D eigenvalue weighted by Gasteiger charge is -2.25. The fraction of sp³-hybridized carbons (Fsp3) is 0.167. The number of rotatable bonds is 4. The van der Waals surface area contributed by atoms with Crippen molar-refractivity contribution in [1.29, 1.82) is 0 Å². The molecular formula is C18H16N2O4S. The van der Waals surface area contributed by atoms with Gasteiger partial charge in [0.25, 0.3) is 11.1 Å². The number of hydrogen-bond acceptors (Lipinski definition) is 5. The predicted octanol–water partition coefficient (Wildman–Crippen LogP) is 3.27. The summed E-state index contributed by atoms with van der Waals surface area (Å²) < 4.78 is 5.11. The van der Waals surface area contributed by atoms with Crippen molar-refractivity contribution in [3.05, 3.63) is 54.6 Å². The van der Waals surface area contributed by atoms with E-state index in [9.17, 15) is 14.4 Å². The van der Waals surface area contributed by atoms with E-state index in [4.69, 9.17) is 4.74 Å². The lowest BCUT2D eigenvalue weighted by Crippen LogP contribution is -2.44. The van der Waals surface area contributed by atoms with Crippen LogP contribution in [0.4, 0.5) is 16.2 Å². The standard InChI is InChI=1S/C18H16N2O4S/c1-12(21)19(14-8-10-15(24-2)11-9-14)17-16(22)20(18(23)25-17)13-6-4-3-5-7-13/h3-11,17H,1-2H3/t17-/m1/s1. The predicted molar refractivity (Wildman–Crippen MR) is 96.9 cm³/mol. The molecule has 1 heterocycles. The highest BCUT2D eigenvalue weighted by Gasteiger charge is 2.45. The third-order valence-corrected chi connectivity index (χ3v) is 4.79. The summed E-state index contributed by atoms with van der Waals surface area (Å²) in [6, 6.07) is 15.4. The van der Waals surface area contributed by atoms with Gasteiger partial charge in [-0.15, -0.1) is 0 Å². The van der Waals surface area contributed by atoms with Gasteiger partial charge in [-0.3, -0.25) is 19.3 Å². The maximum absolute atomic E-state index is 12.8. The van der Waals surface area contributed by atoms with Gasteiger partial charge in [0, 0.05) is 12.6 Å². The van der Waals surface area contributed by atoms with Gasteiger partial charge in [0.15, 0.2) is 5.37 Å². The van der Waals surface area contributed by atoms with Crippen LogP contribution in [0.2, 0.25) is 0 Å². The minimum atomic E-state index is -0.932. The molecule has 3 rings (SSSR count). The van der Waals surface area contributed by atoms with Gasteiger partial charge in [-0.1, -0.05) is 18.2 Å². The average molecular weight is 356 g/mol. The Morgan fingerprint density at radius 2 is 1.72 bits per heavy atom. The molecule has 2 aromatic carbocycles. The summed E-state index contributed by atoms with van der Waals surface area (Å²) in [7, 11) is 1.55. The summed E-state index contributed by atoms with van der Waals surface area (Å²) >= 11 is 0.829. The summed E-state index contributed by atoms with van der Waals surface area (Å²) in [6.07, 6.45) is 0. The smallest absolute Gasteiger partial charge is 0.295 e. The lowest BCUT2D eigenvalue weighted by molar-refractivity contribution is -0.121. The lowest BCUT2D eigenvalue weighted by atomic mass is 10.2. The average Bonchev–Trinajstić information content (AvgIpc) is 2.90. The monoisotopic (exact) mass is 356 g/mol. The molecule has 0 radical (unpaired) electrons. The van der Waals surface area contributed by atoms with E-state index in [0.717, 1.165) is 16.7 Å². The molecule has 0 aliphatic carbocycles. The van der Waals surface area contributed by atoms with Crippen LogP contribution in [0.3, 0.4) is 0 Å². The van der Waals surface area contributed by atoms with E-state index in [1.54, 1.807) is 61.7 Å². The normalized spacial score (nSPS) is 16.9. The summed E-state index contributed by atoms with van der Waals surface area (Å²) in [4.78, 5) is 39.8. The Morgan fingerprint density at radius 3 is 2.28 bits per heavy atom. The van der Waals surface area contributed by atoms with E-state index < -0.39 is 16.5 Å². The Labute approximate surface area is 149 Å². The van der Waals surface area contributed by atoms with E-state index in [1.807, 2.05) is 0 Å². The molecule has 0 aromatic heterocycles. The Hall–Kier alpha value is -2.80. The minimum absolute atomic E-state index is 0.321. The number of carbonyl (C=O) groups excluding carboxylic acids is 3. The van der Waals surface area contributed by atoms with Gasteiger partial charge in [0.1, 0.15) is 5.75 Å². The van der Waals surface area contributed by atoms with Crippen molar-refractivity contribution in [2.45, 2.75) is 12.3 Å². The van der Waals surface area contributed by atoms with Crippen molar-refractivity contribution in [2.75, 3.05) is 16.9 Å². The zero-order valence-corrected chi connectivity index (χ0v) is 14.5. The summed E-state index contributed by atoms with van der Waals surface area (Å²) in [5.74, 6) is -0.120. The number of nitrogens with zero attached hydrogens (tertiary/aromatic N) is 2. The van der Waals surface area contributed by atoms with E-state index in [-0.39, 0.29) is 5.91 Å². The molecule has 2 aromatic rings. The second kappa shape index (κ2) is 6.98.